The number of piperidine rings is 1. The van der Waals surface area contributed by atoms with E-state index in [2.05, 4.69) is 10.6 Å². The number of aromatic hydroxyl groups is 1. The molecule has 0 radical (unpaired) electrons. The average Bonchev–Trinajstić information content (AvgIpc) is 2.29. The Labute approximate surface area is 90.5 Å². The lowest BCUT2D eigenvalue weighted by molar-refractivity contribution is 0.389. The molecule has 1 aliphatic heterocycles. The fourth-order valence-electron chi connectivity index (χ4n) is 1.96. The van der Waals surface area contributed by atoms with E-state index >= 15 is 0 Å². The number of anilines is 1. The van der Waals surface area contributed by atoms with Crippen molar-refractivity contribution in [1.82, 2.24) is 5.32 Å². The molecule has 0 aromatic heterocycles. The zero-order valence-corrected chi connectivity index (χ0v) is 8.87. The van der Waals surface area contributed by atoms with Gasteiger partial charge in [-0.2, -0.15) is 0 Å². The molecule has 2 rings (SSSR count). The third-order valence-electron chi connectivity index (χ3n) is 2.94. The van der Waals surface area contributed by atoms with E-state index in [-0.39, 0.29) is 0 Å². The summed E-state index contributed by atoms with van der Waals surface area (Å²) >= 11 is 0. The summed E-state index contributed by atoms with van der Waals surface area (Å²) in [5, 5.41) is 16.2. The highest BCUT2D eigenvalue weighted by Gasteiger charge is 2.12. The Morgan fingerprint density at radius 1 is 1.27 bits per heavy atom. The summed E-state index contributed by atoms with van der Waals surface area (Å²) in [6.07, 6.45) is 2.45. The molecular weight excluding hydrogens is 188 g/mol. The second kappa shape index (κ2) is 5.03. The molecule has 3 N–H and O–H groups in total. The number of rotatable bonds is 3. The fourth-order valence-corrected chi connectivity index (χ4v) is 1.96. The largest absolute Gasteiger partial charge is 0.506 e. The molecule has 0 spiro atoms. The molecule has 0 saturated carbocycles. The van der Waals surface area contributed by atoms with Crippen LogP contribution < -0.4 is 10.6 Å². The van der Waals surface area contributed by atoms with Gasteiger partial charge in [0.15, 0.2) is 0 Å². The number of benzene rings is 1. The van der Waals surface area contributed by atoms with Crippen LogP contribution >= 0.6 is 0 Å². The predicted octanol–water partition coefficient (Wildman–Crippen LogP) is 1.80. The molecule has 1 heterocycles. The van der Waals surface area contributed by atoms with E-state index < -0.39 is 0 Å². The van der Waals surface area contributed by atoms with Crippen LogP contribution in [0.25, 0.3) is 0 Å². The molecule has 1 aromatic carbocycles. The Kier molecular flexibility index (Phi) is 3.45. The lowest BCUT2D eigenvalue weighted by Gasteiger charge is -2.23. The maximum absolute atomic E-state index is 9.57. The van der Waals surface area contributed by atoms with Crippen LogP contribution in [-0.2, 0) is 0 Å². The Morgan fingerprint density at radius 2 is 2.00 bits per heavy atom. The second-order valence-corrected chi connectivity index (χ2v) is 4.09. The molecule has 3 nitrogen and oxygen atoms in total. The fraction of sp³-hybridized carbons (Fsp3) is 0.500. The summed E-state index contributed by atoms with van der Waals surface area (Å²) < 4.78 is 0. The Hall–Kier alpha value is -1.22. The van der Waals surface area contributed by atoms with E-state index in [1.165, 1.54) is 12.8 Å². The quantitative estimate of drug-likeness (QED) is 0.661. The zero-order valence-electron chi connectivity index (χ0n) is 8.87. The number of hydrogen-bond donors (Lipinski definition) is 3. The van der Waals surface area contributed by atoms with Crippen molar-refractivity contribution in [2.75, 3.05) is 25.0 Å². The van der Waals surface area contributed by atoms with Crippen LogP contribution in [0.3, 0.4) is 0 Å². The summed E-state index contributed by atoms with van der Waals surface area (Å²) in [7, 11) is 0. The van der Waals surface area contributed by atoms with Gasteiger partial charge >= 0.3 is 0 Å². The van der Waals surface area contributed by atoms with Gasteiger partial charge in [-0.05, 0) is 44.0 Å². The van der Waals surface area contributed by atoms with E-state index in [4.69, 9.17) is 0 Å². The van der Waals surface area contributed by atoms with E-state index in [1.807, 2.05) is 18.2 Å². The minimum absolute atomic E-state index is 0.339. The van der Waals surface area contributed by atoms with Crippen molar-refractivity contribution in [1.29, 1.82) is 0 Å². The first kappa shape index (κ1) is 10.3. The molecule has 1 saturated heterocycles. The van der Waals surface area contributed by atoms with Gasteiger partial charge in [0.25, 0.3) is 0 Å². The lowest BCUT2D eigenvalue weighted by atomic mass is 9.98. The molecule has 0 unspecified atom stereocenters. The van der Waals surface area contributed by atoms with Crippen molar-refractivity contribution >= 4 is 5.69 Å². The Bertz CT molecular complexity index is 308. The van der Waals surface area contributed by atoms with Gasteiger partial charge in [0.05, 0.1) is 5.69 Å². The van der Waals surface area contributed by atoms with Crippen LogP contribution in [0.1, 0.15) is 12.8 Å². The van der Waals surface area contributed by atoms with Crippen molar-refractivity contribution in [2.45, 2.75) is 12.8 Å². The molecule has 0 amide bonds. The van der Waals surface area contributed by atoms with Gasteiger partial charge in [0.2, 0.25) is 0 Å². The molecular formula is C12H18N2O. The second-order valence-electron chi connectivity index (χ2n) is 4.09. The highest BCUT2D eigenvalue weighted by Crippen LogP contribution is 2.22. The van der Waals surface area contributed by atoms with Crippen molar-refractivity contribution in [3.8, 4) is 5.75 Å². The molecule has 0 bridgehead atoms. The standard InChI is InChI=1S/C12H18N2O/c15-12-4-2-1-3-11(12)14-9-10-5-7-13-8-6-10/h1-4,10,13-15H,5-9H2. The van der Waals surface area contributed by atoms with E-state index in [0.717, 1.165) is 31.2 Å². The SMILES string of the molecule is Oc1ccccc1NCC1CCNCC1. The van der Waals surface area contributed by atoms with Gasteiger partial charge in [0, 0.05) is 6.54 Å². The number of phenolic OH excluding ortho intramolecular Hbond substituents is 1. The molecule has 15 heavy (non-hydrogen) atoms. The molecule has 3 heteroatoms. The summed E-state index contributed by atoms with van der Waals surface area (Å²) in [5.74, 6) is 1.07. The van der Waals surface area contributed by atoms with Crippen molar-refractivity contribution < 1.29 is 5.11 Å². The van der Waals surface area contributed by atoms with Crippen LogP contribution in [0.5, 0.6) is 5.75 Å². The van der Waals surface area contributed by atoms with Crippen LogP contribution in [0, 0.1) is 5.92 Å². The first-order valence-corrected chi connectivity index (χ1v) is 5.59. The lowest BCUT2D eigenvalue weighted by Crippen LogP contribution is -2.31. The summed E-state index contributed by atoms with van der Waals surface area (Å²) in [4.78, 5) is 0. The minimum atomic E-state index is 0.339. The van der Waals surface area contributed by atoms with Gasteiger partial charge in [-0.1, -0.05) is 12.1 Å². The van der Waals surface area contributed by atoms with E-state index in [0.29, 0.717) is 5.75 Å². The number of para-hydroxylation sites is 2. The summed E-state index contributed by atoms with van der Waals surface area (Å²) in [5.41, 5.74) is 0.844. The van der Waals surface area contributed by atoms with Gasteiger partial charge in [-0.15, -0.1) is 0 Å². The topological polar surface area (TPSA) is 44.3 Å². The third kappa shape index (κ3) is 2.86. The number of hydrogen-bond acceptors (Lipinski definition) is 3. The van der Waals surface area contributed by atoms with Crippen LogP contribution in [0.2, 0.25) is 0 Å². The number of phenols is 1. The van der Waals surface area contributed by atoms with Crippen LogP contribution in [0.4, 0.5) is 5.69 Å². The molecule has 0 atom stereocenters. The van der Waals surface area contributed by atoms with Gasteiger partial charge < -0.3 is 15.7 Å². The third-order valence-corrected chi connectivity index (χ3v) is 2.94. The maximum atomic E-state index is 9.57. The minimum Gasteiger partial charge on any atom is -0.506 e. The molecule has 0 aliphatic carbocycles. The van der Waals surface area contributed by atoms with E-state index in [1.54, 1.807) is 6.07 Å². The van der Waals surface area contributed by atoms with E-state index in [9.17, 15) is 5.11 Å². The van der Waals surface area contributed by atoms with Crippen LogP contribution in [0.15, 0.2) is 24.3 Å². The molecule has 82 valence electrons. The van der Waals surface area contributed by atoms with Crippen LogP contribution in [-0.4, -0.2) is 24.7 Å². The highest BCUT2D eigenvalue weighted by molar-refractivity contribution is 5.55. The summed E-state index contributed by atoms with van der Waals surface area (Å²) in [6.45, 7) is 3.19. The summed E-state index contributed by atoms with van der Waals surface area (Å²) in [6, 6.07) is 7.40. The first-order valence-electron chi connectivity index (χ1n) is 5.59. The smallest absolute Gasteiger partial charge is 0.138 e. The zero-order chi connectivity index (χ0) is 10.5. The predicted molar refractivity (Wildman–Crippen MR) is 62.2 cm³/mol. The maximum Gasteiger partial charge on any atom is 0.138 e. The molecule has 1 aromatic rings. The van der Waals surface area contributed by atoms with Crippen molar-refractivity contribution in [3.63, 3.8) is 0 Å². The van der Waals surface area contributed by atoms with Crippen molar-refractivity contribution in [2.24, 2.45) is 5.92 Å². The molecule has 1 fully saturated rings. The van der Waals surface area contributed by atoms with Gasteiger partial charge in [0.1, 0.15) is 5.75 Å². The van der Waals surface area contributed by atoms with Gasteiger partial charge in [-0.25, -0.2) is 0 Å². The Morgan fingerprint density at radius 3 is 2.73 bits per heavy atom. The van der Waals surface area contributed by atoms with Crippen molar-refractivity contribution in [3.05, 3.63) is 24.3 Å². The molecule has 1 aliphatic rings. The van der Waals surface area contributed by atoms with Gasteiger partial charge in [-0.3, -0.25) is 0 Å². The first-order chi connectivity index (χ1) is 7.36. The number of nitrogens with one attached hydrogen (secondary N) is 2. The Balaban J connectivity index is 1.84. The normalized spacial score (nSPS) is 17.6. The highest BCUT2D eigenvalue weighted by atomic mass is 16.3. The monoisotopic (exact) mass is 206 g/mol. The average molecular weight is 206 g/mol.